The van der Waals surface area contributed by atoms with Crippen LogP contribution in [0.15, 0.2) is 0 Å². The summed E-state index contributed by atoms with van der Waals surface area (Å²) < 4.78 is 0. The van der Waals surface area contributed by atoms with Gasteiger partial charge < -0.3 is 48.1 Å². The van der Waals surface area contributed by atoms with Crippen molar-refractivity contribution in [3.63, 3.8) is 0 Å². The third kappa shape index (κ3) is 14.2. The van der Waals surface area contributed by atoms with Gasteiger partial charge in [0.15, 0.2) is 0 Å². The van der Waals surface area contributed by atoms with Gasteiger partial charge in [-0.2, -0.15) is 0 Å². The predicted octanol–water partition coefficient (Wildman–Crippen LogP) is -1.49. The summed E-state index contributed by atoms with van der Waals surface area (Å²) in [6.45, 7) is 6.87. The van der Waals surface area contributed by atoms with E-state index in [0.29, 0.717) is 25.8 Å². The van der Waals surface area contributed by atoms with Crippen LogP contribution in [0, 0.1) is 11.8 Å². The maximum absolute atomic E-state index is 13.1. The van der Waals surface area contributed by atoms with E-state index in [4.69, 9.17) is 16.6 Å². The number of carbonyl (C=O) groups is 7. The molecule has 0 fully saturated rings. The van der Waals surface area contributed by atoms with Crippen LogP contribution in [0.2, 0.25) is 0 Å². The van der Waals surface area contributed by atoms with Gasteiger partial charge in [-0.25, -0.2) is 4.79 Å². The SMILES string of the molecule is CC[C@H](C)[C@H](NC(=O)[C@@H](NC(=O)[C@H](CC(=O)O)NC(=O)[C@H](CCCCN)NC(=O)[C@@H](N)CCC(=O)O)C(C)C)C(=O)O. The van der Waals surface area contributed by atoms with E-state index >= 15 is 0 Å². The van der Waals surface area contributed by atoms with Crippen LogP contribution in [0.5, 0.6) is 0 Å². The predicted molar refractivity (Wildman–Crippen MR) is 150 cm³/mol. The third-order valence-corrected chi connectivity index (χ3v) is 6.62. The molecule has 0 radical (unpaired) electrons. The molecule has 16 nitrogen and oxygen atoms in total. The van der Waals surface area contributed by atoms with Crippen molar-refractivity contribution in [2.45, 2.75) is 103 Å². The number of carbonyl (C=O) groups excluding carboxylic acids is 4. The Hall–Kier alpha value is -3.79. The second kappa shape index (κ2) is 19.4. The molecule has 0 bridgehead atoms. The highest BCUT2D eigenvalue weighted by Gasteiger charge is 2.34. The van der Waals surface area contributed by atoms with Crippen molar-refractivity contribution in [3.05, 3.63) is 0 Å². The Morgan fingerprint density at radius 2 is 1.24 bits per heavy atom. The largest absolute Gasteiger partial charge is 0.481 e. The van der Waals surface area contributed by atoms with Gasteiger partial charge in [0.2, 0.25) is 23.6 Å². The molecule has 11 N–H and O–H groups in total. The fraction of sp³-hybridized carbons (Fsp3) is 0.731. The summed E-state index contributed by atoms with van der Waals surface area (Å²) in [4.78, 5) is 85.7. The molecule has 0 saturated carbocycles. The van der Waals surface area contributed by atoms with Gasteiger partial charge in [-0.15, -0.1) is 0 Å². The van der Waals surface area contributed by atoms with E-state index in [-0.39, 0.29) is 19.3 Å². The van der Waals surface area contributed by atoms with Gasteiger partial charge in [-0.3, -0.25) is 28.8 Å². The van der Waals surface area contributed by atoms with Crippen molar-refractivity contribution in [2.24, 2.45) is 23.3 Å². The molecule has 0 aromatic carbocycles. The monoisotopic (exact) mass is 602 g/mol. The quantitative estimate of drug-likeness (QED) is 0.0679. The molecule has 4 amide bonds. The van der Waals surface area contributed by atoms with Crippen LogP contribution in [-0.4, -0.2) is 93.6 Å². The number of unbranched alkanes of at least 4 members (excludes halogenated alkanes) is 1. The molecule has 0 saturated heterocycles. The van der Waals surface area contributed by atoms with Crippen LogP contribution < -0.4 is 32.7 Å². The zero-order valence-corrected chi connectivity index (χ0v) is 24.6. The van der Waals surface area contributed by atoms with Gasteiger partial charge in [-0.1, -0.05) is 34.1 Å². The highest BCUT2D eigenvalue weighted by Crippen LogP contribution is 2.11. The summed E-state index contributed by atoms with van der Waals surface area (Å²) in [6, 6.07) is -6.64. The highest BCUT2D eigenvalue weighted by atomic mass is 16.4. The van der Waals surface area contributed by atoms with Crippen molar-refractivity contribution in [1.29, 1.82) is 0 Å². The standard InChI is InChI=1S/C26H46N6O10/c1-5-14(4)21(26(41)42)32-25(40)20(13(2)3)31-24(39)17(12-19(35)36)30-23(38)16(8-6-7-11-27)29-22(37)15(28)9-10-18(33)34/h13-17,20-21H,5-12,27-28H2,1-4H3,(H,29,37)(H,30,38)(H,31,39)(H,32,40)(H,33,34)(H,35,36)(H,41,42)/t14-,15-,16-,17-,20-,21-/m0/s1. The number of carboxylic acid groups (broad SMARTS) is 3. The van der Waals surface area contributed by atoms with Gasteiger partial charge in [0.05, 0.1) is 12.5 Å². The molecular weight excluding hydrogens is 556 g/mol. The third-order valence-electron chi connectivity index (χ3n) is 6.62. The molecule has 6 atom stereocenters. The topological polar surface area (TPSA) is 280 Å². The molecule has 0 aliphatic carbocycles. The average molecular weight is 603 g/mol. The van der Waals surface area contributed by atoms with Crippen LogP contribution >= 0.6 is 0 Å². The molecule has 16 heteroatoms. The Labute approximate surface area is 244 Å². The molecule has 0 heterocycles. The van der Waals surface area contributed by atoms with E-state index in [1.807, 2.05) is 0 Å². The van der Waals surface area contributed by atoms with Crippen LogP contribution in [0.3, 0.4) is 0 Å². The Morgan fingerprint density at radius 1 is 0.690 bits per heavy atom. The molecule has 240 valence electrons. The second-order valence-electron chi connectivity index (χ2n) is 10.5. The Bertz CT molecular complexity index is 960. The summed E-state index contributed by atoms with van der Waals surface area (Å²) in [7, 11) is 0. The molecule has 0 aliphatic rings. The van der Waals surface area contributed by atoms with E-state index in [1.165, 1.54) is 0 Å². The molecule has 42 heavy (non-hydrogen) atoms. The minimum Gasteiger partial charge on any atom is -0.481 e. The number of carboxylic acids is 3. The number of hydrogen-bond donors (Lipinski definition) is 9. The molecule has 0 aromatic heterocycles. The zero-order valence-electron chi connectivity index (χ0n) is 24.6. The van der Waals surface area contributed by atoms with Crippen LogP contribution in [0.25, 0.3) is 0 Å². The molecule has 0 aromatic rings. The normalized spacial score (nSPS) is 15.3. The number of rotatable bonds is 21. The van der Waals surface area contributed by atoms with Gasteiger partial charge in [-0.05, 0) is 44.1 Å². The summed E-state index contributed by atoms with van der Waals surface area (Å²) in [6.07, 6.45) is -0.0543. The van der Waals surface area contributed by atoms with Crippen molar-refractivity contribution in [1.82, 2.24) is 21.3 Å². The number of aliphatic carboxylic acids is 3. The first kappa shape index (κ1) is 38.2. The average Bonchev–Trinajstić information content (AvgIpc) is 2.90. The van der Waals surface area contributed by atoms with Crippen LogP contribution in [0.4, 0.5) is 0 Å². The minimum atomic E-state index is -1.66. The lowest BCUT2D eigenvalue weighted by Gasteiger charge is -2.28. The van der Waals surface area contributed by atoms with Crippen molar-refractivity contribution < 1.29 is 48.9 Å². The summed E-state index contributed by atoms with van der Waals surface area (Å²) in [5, 5.41) is 37.2. The van der Waals surface area contributed by atoms with E-state index in [9.17, 15) is 43.8 Å². The summed E-state index contributed by atoms with van der Waals surface area (Å²) >= 11 is 0. The van der Waals surface area contributed by atoms with E-state index < -0.39 is 90.0 Å². The second-order valence-corrected chi connectivity index (χ2v) is 10.5. The van der Waals surface area contributed by atoms with E-state index in [2.05, 4.69) is 21.3 Å². The van der Waals surface area contributed by atoms with Crippen molar-refractivity contribution in [3.8, 4) is 0 Å². The lowest BCUT2D eigenvalue weighted by molar-refractivity contribution is -0.144. The first-order valence-electron chi connectivity index (χ1n) is 13.9. The Balaban J connectivity index is 5.83. The van der Waals surface area contributed by atoms with Crippen molar-refractivity contribution in [2.75, 3.05) is 6.54 Å². The lowest BCUT2D eigenvalue weighted by Crippen LogP contribution is -2.60. The number of nitrogens with two attached hydrogens (primary N) is 2. The lowest BCUT2D eigenvalue weighted by atomic mass is 9.97. The van der Waals surface area contributed by atoms with E-state index in [0.717, 1.165) is 0 Å². The molecular formula is C26H46N6O10. The number of nitrogens with one attached hydrogen (secondary N) is 4. The molecule has 0 spiro atoms. The smallest absolute Gasteiger partial charge is 0.326 e. The number of amides is 4. The van der Waals surface area contributed by atoms with Gasteiger partial charge in [0.25, 0.3) is 0 Å². The Kier molecular flexibility index (Phi) is 17.6. The summed E-state index contributed by atoms with van der Waals surface area (Å²) in [5.41, 5.74) is 11.2. The number of hydrogen-bond acceptors (Lipinski definition) is 9. The maximum Gasteiger partial charge on any atom is 0.326 e. The molecule has 0 rings (SSSR count). The highest BCUT2D eigenvalue weighted by molar-refractivity contribution is 5.96. The van der Waals surface area contributed by atoms with Gasteiger partial charge in [0, 0.05) is 6.42 Å². The van der Waals surface area contributed by atoms with Gasteiger partial charge in [0.1, 0.15) is 24.2 Å². The zero-order chi connectivity index (χ0) is 32.6. The van der Waals surface area contributed by atoms with Crippen LogP contribution in [0.1, 0.15) is 72.6 Å². The summed E-state index contributed by atoms with van der Waals surface area (Å²) in [5.74, 6) is -8.35. The Morgan fingerprint density at radius 3 is 1.71 bits per heavy atom. The first-order chi connectivity index (χ1) is 19.5. The fourth-order valence-corrected chi connectivity index (χ4v) is 3.82. The molecule has 0 aliphatic heterocycles. The fourth-order valence-electron chi connectivity index (χ4n) is 3.82. The minimum absolute atomic E-state index is 0.0606. The van der Waals surface area contributed by atoms with Gasteiger partial charge >= 0.3 is 17.9 Å². The van der Waals surface area contributed by atoms with Crippen molar-refractivity contribution >= 4 is 41.5 Å². The van der Waals surface area contributed by atoms with E-state index in [1.54, 1.807) is 27.7 Å². The molecule has 0 unspecified atom stereocenters. The maximum atomic E-state index is 13.1. The first-order valence-corrected chi connectivity index (χ1v) is 13.9. The van der Waals surface area contributed by atoms with Crippen LogP contribution in [-0.2, 0) is 33.6 Å².